The molecule has 0 heterocycles. The Morgan fingerprint density at radius 2 is 2.00 bits per heavy atom. The Hall–Kier alpha value is -0.0400. The highest BCUT2D eigenvalue weighted by Gasteiger charge is 2.39. The number of hydrogen-bond donors (Lipinski definition) is 1. The molecule has 0 aromatic rings. The number of aliphatic hydroxyl groups is 1. The Balaban J connectivity index is 2.24. The molecule has 0 spiro atoms. The van der Waals surface area contributed by atoms with Gasteiger partial charge in [0.15, 0.2) is 0 Å². The highest BCUT2D eigenvalue weighted by atomic mass is 16.3. The molecule has 0 radical (unpaired) electrons. The van der Waals surface area contributed by atoms with Gasteiger partial charge in [0.05, 0.1) is 5.60 Å². The maximum atomic E-state index is 9.52. The lowest BCUT2D eigenvalue weighted by molar-refractivity contribution is -0.0765. The van der Waals surface area contributed by atoms with E-state index in [1.165, 1.54) is 6.42 Å². The molecule has 1 aliphatic rings. The summed E-state index contributed by atoms with van der Waals surface area (Å²) in [5.74, 6) is 0.815. The van der Waals surface area contributed by atoms with Gasteiger partial charge in [-0.2, -0.15) is 0 Å². The van der Waals surface area contributed by atoms with Crippen LogP contribution in [-0.2, 0) is 0 Å². The molecular formula is C8H16O. The summed E-state index contributed by atoms with van der Waals surface area (Å²) < 4.78 is 0. The molecule has 9 heavy (non-hydrogen) atoms. The second-order valence-corrected chi connectivity index (χ2v) is 3.26. The lowest BCUT2D eigenvalue weighted by Gasteiger charge is -2.42. The largest absolute Gasteiger partial charge is 0.390 e. The van der Waals surface area contributed by atoms with Gasteiger partial charge >= 0.3 is 0 Å². The van der Waals surface area contributed by atoms with E-state index < -0.39 is 0 Å². The molecule has 0 saturated heterocycles. The maximum absolute atomic E-state index is 9.52. The average Bonchev–Trinajstić information content (AvgIpc) is 1.81. The molecule has 0 bridgehead atoms. The highest BCUT2D eigenvalue weighted by Crippen LogP contribution is 2.41. The third-order valence-corrected chi connectivity index (χ3v) is 2.57. The SMILES string of the molecule is CCC1CC(O)(CC)C1. The topological polar surface area (TPSA) is 20.2 Å². The third-order valence-electron chi connectivity index (χ3n) is 2.57. The predicted octanol–water partition coefficient (Wildman–Crippen LogP) is 1.95. The van der Waals surface area contributed by atoms with Gasteiger partial charge in [0.25, 0.3) is 0 Å². The summed E-state index contributed by atoms with van der Waals surface area (Å²) >= 11 is 0. The van der Waals surface area contributed by atoms with Crippen LogP contribution < -0.4 is 0 Å². The molecule has 1 N–H and O–H groups in total. The number of rotatable bonds is 2. The van der Waals surface area contributed by atoms with E-state index in [4.69, 9.17) is 0 Å². The lowest BCUT2D eigenvalue weighted by Crippen LogP contribution is -2.42. The van der Waals surface area contributed by atoms with Gasteiger partial charge in [0.1, 0.15) is 0 Å². The summed E-state index contributed by atoms with van der Waals surface area (Å²) in [5, 5.41) is 9.52. The van der Waals surface area contributed by atoms with Crippen molar-refractivity contribution >= 4 is 0 Å². The van der Waals surface area contributed by atoms with Gasteiger partial charge in [-0.05, 0) is 25.2 Å². The molecule has 1 rings (SSSR count). The summed E-state index contributed by atoms with van der Waals surface area (Å²) in [7, 11) is 0. The second kappa shape index (κ2) is 2.30. The molecule has 0 atom stereocenters. The van der Waals surface area contributed by atoms with E-state index in [1.807, 2.05) is 0 Å². The zero-order valence-electron chi connectivity index (χ0n) is 6.35. The van der Waals surface area contributed by atoms with Crippen LogP contribution in [0.4, 0.5) is 0 Å². The summed E-state index contributed by atoms with van der Waals surface area (Å²) in [4.78, 5) is 0. The van der Waals surface area contributed by atoms with Gasteiger partial charge in [-0.3, -0.25) is 0 Å². The van der Waals surface area contributed by atoms with E-state index in [0.29, 0.717) is 0 Å². The van der Waals surface area contributed by atoms with E-state index in [-0.39, 0.29) is 5.60 Å². The molecule has 0 amide bonds. The second-order valence-electron chi connectivity index (χ2n) is 3.26. The van der Waals surface area contributed by atoms with Crippen LogP contribution in [0.1, 0.15) is 39.5 Å². The fraction of sp³-hybridized carbons (Fsp3) is 1.00. The van der Waals surface area contributed by atoms with Crippen molar-refractivity contribution in [3.63, 3.8) is 0 Å². The van der Waals surface area contributed by atoms with Crippen molar-refractivity contribution in [1.29, 1.82) is 0 Å². The van der Waals surface area contributed by atoms with Crippen LogP contribution in [0.25, 0.3) is 0 Å². The van der Waals surface area contributed by atoms with Crippen LogP contribution in [-0.4, -0.2) is 10.7 Å². The van der Waals surface area contributed by atoms with Crippen molar-refractivity contribution in [3.05, 3.63) is 0 Å². The average molecular weight is 128 g/mol. The molecule has 54 valence electrons. The van der Waals surface area contributed by atoms with Crippen LogP contribution in [0, 0.1) is 5.92 Å². The zero-order valence-corrected chi connectivity index (χ0v) is 6.35. The fourth-order valence-corrected chi connectivity index (χ4v) is 1.59. The first-order valence-corrected chi connectivity index (χ1v) is 3.92. The molecule has 1 saturated carbocycles. The van der Waals surface area contributed by atoms with E-state index in [9.17, 15) is 5.11 Å². The fourth-order valence-electron chi connectivity index (χ4n) is 1.59. The summed E-state index contributed by atoms with van der Waals surface area (Å²) in [6.45, 7) is 4.26. The first-order chi connectivity index (χ1) is 4.20. The minimum Gasteiger partial charge on any atom is -0.390 e. The molecular weight excluding hydrogens is 112 g/mol. The minimum atomic E-state index is -0.263. The van der Waals surface area contributed by atoms with Crippen LogP contribution >= 0.6 is 0 Å². The first kappa shape index (κ1) is 7.07. The Kier molecular flexibility index (Phi) is 1.80. The van der Waals surface area contributed by atoms with Crippen LogP contribution in [0.3, 0.4) is 0 Å². The molecule has 0 aliphatic heterocycles. The Bertz CT molecular complexity index is 92.7. The first-order valence-electron chi connectivity index (χ1n) is 3.92. The smallest absolute Gasteiger partial charge is 0.0650 e. The van der Waals surface area contributed by atoms with E-state index in [1.54, 1.807) is 0 Å². The molecule has 1 fully saturated rings. The molecule has 1 nitrogen and oxygen atoms in total. The van der Waals surface area contributed by atoms with Gasteiger partial charge in [-0.25, -0.2) is 0 Å². The van der Waals surface area contributed by atoms with Crippen molar-refractivity contribution < 1.29 is 5.11 Å². The summed E-state index contributed by atoms with van der Waals surface area (Å²) in [5.41, 5.74) is -0.263. The van der Waals surface area contributed by atoms with Gasteiger partial charge in [0, 0.05) is 0 Å². The standard InChI is InChI=1S/C8H16O/c1-3-7-5-8(9,4-2)6-7/h7,9H,3-6H2,1-2H3. The monoisotopic (exact) mass is 128 g/mol. The number of hydrogen-bond acceptors (Lipinski definition) is 1. The van der Waals surface area contributed by atoms with Gasteiger partial charge < -0.3 is 5.11 Å². The van der Waals surface area contributed by atoms with Crippen molar-refractivity contribution in [1.82, 2.24) is 0 Å². The molecule has 1 aliphatic carbocycles. The summed E-state index contributed by atoms with van der Waals surface area (Å²) in [6.07, 6.45) is 4.26. The third kappa shape index (κ3) is 1.26. The predicted molar refractivity (Wildman–Crippen MR) is 38.3 cm³/mol. The van der Waals surface area contributed by atoms with E-state index >= 15 is 0 Å². The molecule has 1 heteroatoms. The van der Waals surface area contributed by atoms with Crippen molar-refractivity contribution in [2.24, 2.45) is 5.92 Å². The van der Waals surface area contributed by atoms with E-state index in [2.05, 4.69) is 13.8 Å². The Morgan fingerprint density at radius 3 is 2.33 bits per heavy atom. The Morgan fingerprint density at radius 1 is 1.44 bits per heavy atom. The van der Waals surface area contributed by atoms with Crippen molar-refractivity contribution in [2.75, 3.05) is 0 Å². The van der Waals surface area contributed by atoms with Crippen LogP contribution in [0.5, 0.6) is 0 Å². The quantitative estimate of drug-likeness (QED) is 0.602. The van der Waals surface area contributed by atoms with Gasteiger partial charge in [-0.1, -0.05) is 20.3 Å². The molecule has 0 unspecified atom stereocenters. The molecule has 0 aromatic heterocycles. The lowest BCUT2D eigenvalue weighted by atomic mass is 9.68. The van der Waals surface area contributed by atoms with Gasteiger partial charge in [-0.15, -0.1) is 0 Å². The van der Waals surface area contributed by atoms with Crippen molar-refractivity contribution in [3.8, 4) is 0 Å². The Labute approximate surface area is 57.1 Å². The van der Waals surface area contributed by atoms with Crippen LogP contribution in [0.2, 0.25) is 0 Å². The van der Waals surface area contributed by atoms with Crippen LogP contribution in [0.15, 0.2) is 0 Å². The minimum absolute atomic E-state index is 0.263. The normalized spacial score (nSPS) is 42.3. The highest BCUT2D eigenvalue weighted by molar-refractivity contribution is 4.91. The van der Waals surface area contributed by atoms with E-state index in [0.717, 1.165) is 25.2 Å². The zero-order chi connectivity index (χ0) is 6.91. The summed E-state index contributed by atoms with van der Waals surface area (Å²) in [6, 6.07) is 0. The van der Waals surface area contributed by atoms with Gasteiger partial charge in [0.2, 0.25) is 0 Å². The maximum Gasteiger partial charge on any atom is 0.0650 e. The molecule has 0 aromatic carbocycles. The van der Waals surface area contributed by atoms with Crippen molar-refractivity contribution in [2.45, 2.75) is 45.1 Å².